The zero-order valence-corrected chi connectivity index (χ0v) is 9.74. The van der Waals surface area contributed by atoms with Crippen LogP contribution in [0, 0.1) is 0 Å². The van der Waals surface area contributed by atoms with E-state index < -0.39 is 0 Å². The Morgan fingerprint density at radius 2 is 2.12 bits per heavy atom. The van der Waals surface area contributed by atoms with Crippen molar-refractivity contribution in [3.63, 3.8) is 0 Å². The van der Waals surface area contributed by atoms with Gasteiger partial charge in [0.1, 0.15) is 0 Å². The average molecular weight is 251 g/mol. The first-order valence-electron chi connectivity index (χ1n) is 4.36. The first-order valence-corrected chi connectivity index (χ1v) is 5.62. The largest absolute Gasteiger partial charge is 0.218 e. The van der Waals surface area contributed by atoms with E-state index >= 15 is 0 Å². The van der Waals surface area contributed by atoms with Crippen LogP contribution in [0.4, 0.5) is 0 Å². The summed E-state index contributed by atoms with van der Waals surface area (Å²) in [7, 11) is 0. The van der Waals surface area contributed by atoms with E-state index in [1.807, 2.05) is 12.1 Å². The lowest BCUT2D eigenvalue weighted by Gasteiger charge is -2.01. The molecule has 16 heavy (non-hydrogen) atoms. The third-order valence-corrected chi connectivity index (χ3v) is 2.76. The monoisotopic (exact) mass is 250 g/mol. The SMILES string of the molecule is C=C=CSc1nnnn1-c1ccc(Cl)cc1. The van der Waals surface area contributed by atoms with Gasteiger partial charge in [-0.2, -0.15) is 4.68 Å². The van der Waals surface area contributed by atoms with Crippen LogP contribution in [0.3, 0.4) is 0 Å². The van der Waals surface area contributed by atoms with Crippen molar-refractivity contribution < 1.29 is 0 Å². The molecule has 0 spiro atoms. The van der Waals surface area contributed by atoms with Gasteiger partial charge in [0.25, 0.3) is 0 Å². The van der Waals surface area contributed by atoms with E-state index in [0.717, 1.165) is 5.69 Å². The van der Waals surface area contributed by atoms with Crippen molar-refractivity contribution in [3.05, 3.63) is 47.0 Å². The van der Waals surface area contributed by atoms with Gasteiger partial charge in [-0.1, -0.05) is 18.2 Å². The highest BCUT2D eigenvalue weighted by molar-refractivity contribution is 8.02. The van der Waals surface area contributed by atoms with Gasteiger partial charge in [0.05, 0.1) is 5.69 Å². The Morgan fingerprint density at radius 3 is 2.81 bits per heavy atom. The van der Waals surface area contributed by atoms with Crippen molar-refractivity contribution in [1.29, 1.82) is 0 Å². The molecular weight excluding hydrogens is 244 g/mol. The van der Waals surface area contributed by atoms with Crippen molar-refractivity contribution in [2.24, 2.45) is 0 Å². The zero-order valence-electron chi connectivity index (χ0n) is 8.17. The maximum absolute atomic E-state index is 5.81. The third kappa shape index (κ3) is 2.33. The molecule has 0 saturated carbocycles. The Bertz CT molecular complexity index is 528. The minimum atomic E-state index is 0.651. The lowest BCUT2D eigenvalue weighted by molar-refractivity contribution is 0.757. The quantitative estimate of drug-likeness (QED) is 0.621. The summed E-state index contributed by atoms with van der Waals surface area (Å²) in [6.07, 6.45) is 0. The molecule has 2 rings (SSSR count). The molecule has 0 bridgehead atoms. The van der Waals surface area contributed by atoms with Gasteiger partial charge in [0.2, 0.25) is 5.16 Å². The number of hydrogen-bond donors (Lipinski definition) is 0. The van der Waals surface area contributed by atoms with Gasteiger partial charge in [-0.25, -0.2) is 0 Å². The fourth-order valence-electron chi connectivity index (χ4n) is 1.09. The number of rotatable bonds is 3. The molecule has 0 aliphatic rings. The molecule has 2 aromatic rings. The van der Waals surface area contributed by atoms with Crippen molar-refractivity contribution in [1.82, 2.24) is 20.2 Å². The van der Waals surface area contributed by atoms with Gasteiger partial charge in [-0.3, -0.25) is 0 Å². The summed E-state index contributed by atoms with van der Waals surface area (Å²) in [6.45, 7) is 3.48. The van der Waals surface area contributed by atoms with Crippen LogP contribution in [-0.2, 0) is 0 Å². The Morgan fingerprint density at radius 1 is 1.38 bits per heavy atom. The van der Waals surface area contributed by atoms with Gasteiger partial charge >= 0.3 is 0 Å². The Kier molecular flexibility index (Phi) is 3.41. The lowest BCUT2D eigenvalue weighted by Crippen LogP contribution is -1.97. The highest BCUT2D eigenvalue weighted by Crippen LogP contribution is 2.19. The van der Waals surface area contributed by atoms with E-state index in [-0.39, 0.29) is 0 Å². The predicted molar refractivity (Wildman–Crippen MR) is 63.7 cm³/mol. The number of thioether (sulfide) groups is 1. The topological polar surface area (TPSA) is 43.6 Å². The number of halogens is 1. The Labute approximate surface area is 102 Å². The summed E-state index contributed by atoms with van der Waals surface area (Å²) in [5, 5.41) is 14.4. The fraction of sp³-hybridized carbons (Fsp3) is 0. The van der Waals surface area contributed by atoms with Crippen LogP contribution in [0.1, 0.15) is 0 Å². The molecule has 1 aromatic heterocycles. The molecule has 0 radical (unpaired) electrons. The van der Waals surface area contributed by atoms with Crippen LogP contribution in [0.2, 0.25) is 5.02 Å². The number of nitrogens with zero attached hydrogens (tertiary/aromatic N) is 4. The summed E-state index contributed by atoms with van der Waals surface area (Å²) in [6, 6.07) is 7.27. The van der Waals surface area contributed by atoms with Crippen molar-refractivity contribution in [3.8, 4) is 5.69 Å². The van der Waals surface area contributed by atoms with E-state index in [1.165, 1.54) is 11.8 Å². The molecule has 0 unspecified atom stereocenters. The minimum Gasteiger partial charge on any atom is -0.187 e. The molecule has 0 fully saturated rings. The number of benzene rings is 1. The molecule has 80 valence electrons. The van der Waals surface area contributed by atoms with E-state index in [2.05, 4.69) is 27.8 Å². The van der Waals surface area contributed by atoms with E-state index in [0.29, 0.717) is 10.2 Å². The van der Waals surface area contributed by atoms with Gasteiger partial charge in [-0.15, -0.1) is 10.8 Å². The van der Waals surface area contributed by atoms with Crippen LogP contribution < -0.4 is 0 Å². The normalized spacial score (nSPS) is 9.81. The molecule has 0 atom stereocenters. The third-order valence-electron chi connectivity index (χ3n) is 1.76. The summed E-state index contributed by atoms with van der Waals surface area (Å²) >= 11 is 7.15. The van der Waals surface area contributed by atoms with Crippen molar-refractivity contribution in [2.75, 3.05) is 0 Å². The van der Waals surface area contributed by atoms with Gasteiger partial charge in [0, 0.05) is 10.4 Å². The molecule has 6 heteroatoms. The summed E-state index contributed by atoms with van der Waals surface area (Å²) < 4.78 is 1.62. The number of hydrogen-bond acceptors (Lipinski definition) is 4. The molecule has 0 saturated heterocycles. The molecule has 0 N–H and O–H groups in total. The smallest absolute Gasteiger partial charge is 0.187 e. The van der Waals surface area contributed by atoms with Crippen molar-refractivity contribution >= 4 is 23.4 Å². The minimum absolute atomic E-state index is 0.651. The van der Waals surface area contributed by atoms with E-state index in [1.54, 1.807) is 22.2 Å². The summed E-state index contributed by atoms with van der Waals surface area (Å²) in [4.78, 5) is 0. The van der Waals surface area contributed by atoms with Crippen LogP contribution in [0.15, 0.2) is 47.1 Å². The van der Waals surface area contributed by atoms with Crippen LogP contribution in [0.5, 0.6) is 0 Å². The van der Waals surface area contributed by atoms with Gasteiger partial charge in [0.15, 0.2) is 0 Å². The molecule has 4 nitrogen and oxygen atoms in total. The second-order valence-corrected chi connectivity index (χ2v) is 4.06. The average Bonchev–Trinajstić information content (AvgIpc) is 2.75. The highest BCUT2D eigenvalue weighted by atomic mass is 35.5. The molecular formula is C10H7ClN4S. The van der Waals surface area contributed by atoms with Crippen molar-refractivity contribution in [2.45, 2.75) is 5.16 Å². The zero-order chi connectivity index (χ0) is 11.4. The number of tetrazole rings is 1. The number of aromatic nitrogens is 4. The molecule has 1 heterocycles. The maximum atomic E-state index is 5.81. The van der Waals surface area contributed by atoms with Crippen LogP contribution >= 0.6 is 23.4 Å². The lowest BCUT2D eigenvalue weighted by atomic mass is 10.3. The maximum Gasteiger partial charge on any atom is 0.218 e. The molecule has 0 aliphatic carbocycles. The van der Waals surface area contributed by atoms with E-state index in [4.69, 9.17) is 11.6 Å². The predicted octanol–water partition coefficient (Wildman–Crippen LogP) is 2.71. The molecule has 0 aliphatic heterocycles. The van der Waals surface area contributed by atoms with Gasteiger partial charge in [-0.05, 0) is 46.5 Å². The van der Waals surface area contributed by atoms with E-state index in [9.17, 15) is 0 Å². The highest BCUT2D eigenvalue weighted by Gasteiger charge is 2.06. The Balaban J connectivity index is 2.36. The summed E-state index contributed by atoms with van der Waals surface area (Å²) in [5.41, 5.74) is 3.51. The van der Waals surface area contributed by atoms with Gasteiger partial charge < -0.3 is 0 Å². The fourth-order valence-corrected chi connectivity index (χ4v) is 1.73. The Hall–Kier alpha value is -1.55. The second-order valence-electron chi connectivity index (χ2n) is 2.79. The molecule has 1 aromatic carbocycles. The second kappa shape index (κ2) is 4.99. The van der Waals surface area contributed by atoms with Crippen LogP contribution in [-0.4, -0.2) is 20.2 Å². The van der Waals surface area contributed by atoms with Crippen LogP contribution in [0.25, 0.3) is 5.69 Å². The summed E-state index contributed by atoms with van der Waals surface area (Å²) in [5.74, 6) is 0. The standard InChI is InChI=1S/C10H7ClN4S/c1-2-7-16-10-12-13-14-15(10)9-5-3-8(11)4-6-9/h3-7H,1H2. The first kappa shape index (κ1) is 11.0. The molecule has 0 amide bonds. The first-order chi connectivity index (χ1) is 7.81.